The lowest BCUT2D eigenvalue weighted by molar-refractivity contribution is 0.475. The van der Waals surface area contributed by atoms with E-state index < -0.39 is 10.0 Å². The molecule has 0 aliphatic carbocycles. The number of rotatable bonds is 4. The maximum atomic E-state index is 11.7. The molecular weight excluding hydrogens is 264 g/mol. The third-order valence-electron chi connectivity index (χ3n) is 1.88. The van der Waals surface area contributed by atoms with Crippen LogP contribution in [0.4, 0.5) is 5.13 Å². The van der Waals surface area contributed by atoms with E-state index in [0.29, 0.717) is 5.76 Å². The van der Waals surface area contributed by atoms with Gasteiger partial charge in [-0.05, 0) is 19.1 Å². The van der Waals surface area contributed by atoms with Gasteiger partial charge in [-0.1, -0.05) is 11.3 Å². The van der Waals surface area contributed by atoms with Crippen LogP contribution in [-0.2, 0) is 16.6 Å². The monoisotopic (exact) mass is 274 g/mol. The highest BCUT2D eigenvalue weighted by Gasteiger charge is 2.19. The van der Waals surface area contributed by atoms with Gasteiger partial charge in [0.25, 0.3) is 10.0 Å². The Morgan fingerprint density at radius 2 is 2.24 bits per heavy atom. The summed E-state index contributed by atoms with van der Waals surface area (Å²) >= 11 is 0.810. The van der Waals surface area contributed by atoms with Crippen LogP contribution in [-0.4, -0.2) is 18.6 Å². The molecule has 17 heavy (non-hydrogen) atoms. The molecule has 0 bridgehead atoms. The van der Waals surface area contributed by atoms with Crippen molar-refractivity contribution in [2.45, 2.75) is 17.8 Å². The molecule has 0 saturated heterocycles. The molecule has 0 amide bonds. The van der Waals surface area contributed by atoms with Gasteiger partial charge in [-0.25, -0.2) is 13.1 Å². The lowest BCUT2D eigenvalue weighted by Crippen LogP contribution is -2.22. The van der Waals surface area contributed by atoms with Gasteiger partial charge in [-0.3, -0.25) is 0 Å². The van der Waals surface area contributed by atoms with Crippen molar-refractivity contribution in [3.63, 3.8) is 0 Å². The van der Waals surface area contributed by atoms with Gasteiger partial charge in [0.05, 0.1) is 6.54 Å². The van der Waals surface area contributed by atoms with E-state index in [9.17, 15) is 8.42 Å². The van der Waals surface area contributed by atoms with Crippen LogP contribution in [0.15, 0.2) is 20.9 Å². The molecule has 2 heterocycles. The van der Waals surface area contributed by atoms with Crippen LogP contribution in [0.25, 0.3) is 0 Å². The molecule has 0 unspecified atom stereocenters. The second-order valence-corrected chi connectivity index (χ2v) is 6.19. The number of hydrogen-bond acceptors (Lipinski definition) is 7. The number of nitrogens with one attached hydrogen (secondary N) is 1. The molecule has 3 N–H and O–H groups in total. The van der Waals surface area contributed by atoms with Crippen molar-refractivity contribution in [2.75, 3.05) is 5.73 Å². The molecule has 0 aliphatic heterocycles. The number of aromatic nitrogens is 2. The summed E-state index contributed by atoms with van der Waals surface area (Å²) in [6.45, 7) is 1.85. The molecule has 0 atom stereocenters. The summed E-state index contributed by atoms with van der Waals surface area (Å²) < 4.78 is 30.9. The van der Waals surface area contributed by atoms with Crippen molar-refractivity contribution < 1.29 is 12.8 Å². The van der Waals surface area contributed by atoms with Gasteiger partial charge in [0.2, 0.25) is 9.47 Å². The number of aryl methyl sites for hydroxylation is 1. The molecule has 0 aromatic carbocycles. The lowest BCUT2D eigenvalue weighted by Gasteiger charge is -2.00. The molecular formula is C8H10N4O3S2. The van der Waals surface area contributed by atoms with Crippen LogP contribution in [0.3, 0.4) is 0 Å². The SMILES string of the molecule is Cc1ccc(CNS(=O)(=O)c2nnc(N)s2)o1. The van der Waals surface area contributed by atoms with E-state index in [2.05, 4.69) is 14.9 Å². The summed E-state index contributed by atoms with van der Waals surface area (Å²) in [4.78, 5) is 0. The Hall–Kier alpha value is -1.45. The number of nitrogens with two attached hydrogens (primary N) is 1. The fraction of sp³-hybridized carbons (Fsp3) is 0.250. The predicted octanol–water partition coefficient (Wildman–Crippen LogP) is 0.500. The molecule has 0 radical (unpaired) electrons. The first kappa shape index (κ1) is 12.0. The van der Waals surface area contributed by atoms with Gasteiger partial charge >= 0.3 is 0 Å². The molecule has 0 saturated carbocycles. The minimum atomic E-state index is -3.67. The Morgan fingerprint density at radius 1 is 1.47 bits per heavy atom. The Morgan fingerprint density at radius 3 is 2.76 bits per heavy atom. The fourth-order valence-electron chi connectivity index (χ4n) is 1.14. The topological polar surface area (TPSA) is 111 Å². The smallest absolute Gasteiger partial charge is 0.270 e. The molecule has 2 aromatic rings. The first-order chi connectivity index (χ1) is 7.97. The summed E-state index contributed by atoms with van der Waals surface area (Å²) in [7, 11) is -3.67. The van der Waals surface area contributed by atoms with Crippen molar-refractivity contribution in [3.05, 3.63) is 23.7 Å². The van der Waals surface area contributed by atoms with Crippen molar-refractivity contribution in [3.8, 4) is 0 Å². The van der Waals surface area contributed by atoms with Gasteiger partial charge < -0.3 is 10.2 Å². The van der Waals surface area contributed by atoms with Crippen LogP contribution in [0.1, 0.15) is 11.5 Å². The molecule has 9 heteroatoms. The third-order valence-corrected chi connectivity index (χ3v) is 4.41. The van der Waals surface area contributed by atoms with Gasteiger partial charge in [-0.2, -0.15) is 0 Å². The molecule has 0 aliphatic rings. The Labute approximate surface area is 102 Å². The highest BCUT2D eigenvalue weighted by Crippen LogP contribution is 2.17. The first-order valence-electron chi connectivity index (χ1n) is 4.61. The molecule has 0 spiro atoms. The summed E-state index contributed by atoms with van der Waals surface area (Å²) in [5, 5.41) is 7.02. The van der Waals surface area contributed by atoms with Gasteiger partial charge in [0.15, 0.2) is 0 Å². The second kappa shape index (κ2) is 4.43. The van der Waals surface area contributed by atoms with E-state index in [4.69, 9.17) is 10.2 Å². The molecule has 7 nitrogen and oxygen atoms in total. The summed E-state index contributed by atoms with van der Waals surface area (Å²) in [5.74, 6) is 1.25. The highest BCUT2D eigenvalue weighted by atomic mass is 32.2. The summed E-state index contributed by atoms with van der Waals surface area (Å²) in [6.07, 6.45) is 0. The Kier molecular flexibility index (Phi) is 3.13. The van der Waals surface area contributed by atoms with Crippen molar-refractivity contribution in [2.24, 2.45) is 0 Å². The minimum absolute atomic E-state index is 0.0651. The third kappa shape index (κ3) is 2.81. The number of anilines is 1. The van der Waals surface area contributed by atoms with E-state index in [1.165, 1.54) is 0 Å². The van der Waals surface area contributed by atoms with Crippen LogP contribution >= 0.6 is 11.3 Å². The number of nitrogen functional groups attached to an aromatic ring is 1. The average molecular weight is 274 g/mol. The van der Waals surface area contributed by atoms with Crippen molar-refractivity contribution >= 4 is 26.5 Å². The van der Waals surface area contributed by atoms with Crippen LogP contribution < -0.4 is 10.5 Å². The van der Waals surface area contributed by atoms with E-state index >= 15 is 0 Å². The zero-order chi connectivity index (χ0) is 12.5. The Bertz CT molecular complexity index is 616. The van der Waals surface area contributed by atoms with Crippen LogP contribution in [0.5, 0.6) is 0 Å². The highest BCUT2D eigenvalue weighted by molar-refractivity contribution is 7.91. The normalized spacial score (nSPS) is 11.8. The summed E-state index contributed by atoms with van der Waals surface area (Å²) in [5.41, 5.74) is 5.32. The van der Waals surface area contributed by atoms with E-state index in [1.54, 1.807) is 19.1 Å². The Balaban J connectivity index is 2.08. The zero-order valence-corrected chi connectivity index (χ0v) is 10.5. The molecule has 2 aromatic heterocycles. The second-order valence-electron chi connectivity index (χ2n) is 3.24. The largest absolute Gasteiger partial charge is 0.465 e. The minimum Gasteiger partial charge on any atom is -0.465 e. The average Bonchev–Trinajstić information content (AvgIpc) is 2.85. The number of hydrogen-bond donors (Lipinski definition) is 2. The van der Waals surface area contributed by atoms with Crippen LogP contribution in [0.2, 0.25) is 0 Å². The fourth-order valence-corrected chi connectivity index (χ4v) is 2.96. The van der Waals surface area contributed by atoms with Crippen molar-refractivity contribution in [1.29, 1.82) is 0 Å². The van der Waals surface area contributed by atoms with E-state index in [0.717, 1.165) is 17.1 Å². The van der Waals surface area contributed by atoms with Crippen molar-refractivity contribution in [1.82, 2.24) is 14.9 Å². The lowest BCUT2D eigenvalue weighted by atomic mass is 10.4. The number of nitrogens with zero attached hydrogens (tertiary/aromatic N) is 2. The molecule has 0 fully saturated rings. The quantitative estimate of drug-likeness (QED) is 0.839. The van der Waals surface area contributed by atoms with Gasteiger partial charge in [-0.15, -0.1) is 10.2 Å². The standard InChI is InChI=1S/C8H10N4O3S2/c1-5-2-3-6(15-5)4-10-17(13,14)8-12-11-7(9)16-8/h2-3,10H,4H2,1H3,(H2,9,11). The number of furan rings is 1. The summed E-state index contributed by atoms with van der Waals surface area (Å²) in [6, 6.07) is 3.46. The predicted molar refractivity (Wildman–Crippen MR) is 61.8 cm³/mol. The first-order valence-corrected chi connectivity index (χ1v) is 6.91. The zero-order valence-electron chi connectivity index (χ0n) is 8.87. The van der Waals surface area contributed by atoms with Crippen LogP contribution in [0, 0.1) is 6.92 Å². The number of sulfonamides is 1. The maximum absolute atomic E-state index is 11.7. The molecule has 92 valence electrons. The van der Waals surface area contributed by atoms with E-state index in [1.807, 2.05) is 0 Å². The van der Waals surface area contributed by atoms with Gasteiger partial charge in [0.1, 0.15) is 11.5 Å². The molecule has 2 rings (SSSR count). The van der Waals surface area contributed by atoms with Gasteiger partial charge in [0, 0.05) is 0 Å². The van der Waals surface area contributed by atoms with E-state index in [-0.39, 0.29) is 16.0 Å². The maximum Gasteiger partial charge on any atom is 0.270 e.